The number of fused-ring (bicyclic) bond motifs is 4. The van der Waals surface area contributed by atoms with Crippen LogP contribution in [0.25, 0.3) is 22.1 Å². The fraction of sp³-hybridized carbons (Fsp3) is 0.0833. The van der Waals surface area contributed by atoms with Gasteiger partial charge in [0.15, 0.2) is 22.9 Å². The Hall–Kier alpha value is -4.26. The number of rotatable bonds is 5. The van der Waals surface area contributed by atoms with Crippen molar-refractivity contribution in [2.75, 3.05) is 17.4 Å². The van der Waals surface area contributed by atoms with E-state index in [2.05, 4.69) is 20.6 Å². The molecule has 6 rings (SSSR count). The third-order valence-corrected chi connectivity index (χ3v) is 5.22. The Morgan fingerprint density at radius 1 is 0.839 bits per heavy atom. The first kappa shape index (κ1) is 17.6. The predicted octanol–water partition coefficient (Wildman–Crippen LogP) is 5.46. The highest BCUT2D eigenvalue weighted by molar-refractivity contribution is 6.05. The van der Waals surface area contributed by atoms with Gasteiger partial charge in [-0.2, -0.15) is 0 Å². The number of benzene rings is 3. The first-order chi connectivity index (χ1) is 15.3. The first-order valence-electron chi connectivity index (χ1n) is 9.95. The van der Waals surface area contributed by atoms with Gasteiger partial charge in [-0.3, -0.25) is 0 Å². The predicted molar refractivity (Wildman–Crippen MR) is 119 cm³/mol. The Bertz CT molecular complexity index is 1410. The first-order valence-corrected chi connectivity index (χ1v) is 9.95. The zero-order chi connectivity index (χ0) is 20.6. The second-order valence-corrected chi connectivity index (χ2v) is 7.25. The van der Waals surface area contributed by atoms with Crippen molar-refractivity contribution in [1.82, 2.24) is 9.97 Å². The Morgan fingerprint density at radius 2 is 1.74 bits per heavy atom. The van der Waals surface area contributed by atoms with E-state index >= 15 is 0 Å². The Labute approximate surface area is 177 Å². The minimum absolute atomic E-state index is 0.279. The Morgan fingerprint density at radius 3 is 2.74 bits per heavy atom. The molecule has 7 nitrogen and oxygen atoms in total. The molecule has 2 aromatic heterocycles. The van der Waals surface area contributed by atoms with Gasteiger partial charge in [0.1, 0.15) is 17.4 Å². The van der Waals surface area contributed by atoms with Crippen LogP contribution in [0.5, 0.6) is 11.5 Å². The average molecular weight is 410 g/mol. The summed E-state index contributed by atoms with van der Waals surface area (Å²) in [4.78, 5) is 8.79. The van der Waals surface area contributed by atoms with E-state index in [0.717, 1.165) is 44.9 Å². The van der Waals surface area contributed by atoms with Crippen molar-refractivity contribution >= 4 is 39.3 Å². The minimum Gasteiger partial charge on any atom is -0.454 e. The lowest BCUT2D eigenvalue weighted by atomic mass is 10.2. The molecule has 0 radical (unpaired) electrons. The largest absolute Gasteiger partial charge is 0.454 e. The summed E-state index contributed by atoms with van der Waals surface area (Å²) >= 11 is 0. The van der Waals surface area contributed by atoms with E-state index in [-0.39, 0.29) is 6.79 Å². The van der Waals surface area contributed by atoms with Gasteiger partial charge in [0.25, 0.3) is 0 Å². The molecule has 152 valence electrons. The highest BCUT2D eigenvalue weighted by Gasteiger charge is 2.14. The molecule has 1 aliphatic heterocycles. The number of aromatic nitrogens is 2. The number of anilines is 3. The molecule has 0 bridgehead atoms. The van der Waals surface area contributed by atoms with E-state index in [4.69, 9.17) is 13.9 Å². The van der Waals surface area contributed by atoms with Crippen molar-refractivity contribution in [3.05, 3.63) is 78.6 Å². The van der Waals surface area contributed by atoms with Crippen molar-refractivity contribution in [1.29, 1.82) is 0 Å². The Kier molecular flexibility index (Phi) is 4.09. The number of hydrogen-bond acceptors (Lipinski definition) is 7. The van der Waals surface area contributed by atoms with Gasteiger partial charge in [-0.1, -0.05) is 24.3 Å². The van der Waals surface area contributed by atoms with Crippen LogP contribution in [0.2, 0.25) is 0 Å². The van der Waals surface area contributed by atoms with Crippen LogP contribution in [0, 0.1) is 0 Å². The summed E-state index contributed by atoms with van der Waals surface area (Å²) in [5, 5.41) is 7.78. The lowest BCUT2D eigenvalue weighted by Gasteiger charge is -2.10. The van der Waals surface area contributed by atoms with Crippen LogP contribution in [0.15, 0.2) is 77.5 Å². The van der Waals surface area contributed by atoms with Crippen LogP contribution < -0.4 is 20.1 Å². The quantitative estimate of drug-likeness (QED) is 0.398. The number of nitrogens with zero attached hydrogens (tertiary/aromatic N) is 2. The summed E-state index contributed by atoms with van der Waals surface area (Å²) in [5.41, 5.74) is 5.23. The van der Waals surface area contributed by atoms with Crippen molar-refractivity contribution in [3.63, 3.8) is 0 Å². The maximum Gasteiger partial charge on any atom is 0.231 e. The molecular formula is C24H18N4O3. The molecule has 0 saturated heterocycles. The lowest BCUT2D eigenvalue weighted by Crippen LogP contribution is -2.00. The topological polar surface area (TPSA) is 81.4 Å². The van der Waals surface area contributed by atoms with Crippen molar-refractivity contribution < 1.29 is 13.9 Å². The van der Waals surface area contributed by atoms with Crippen LogP contribution >= 0.6 is 0 Å². The number of nitrogens with one attached hydrogen (secondary N) is 2. The van der Waals surface area contributed by atoms with E-state index in [1.807, 2.05) is 66.7 Å². The SMILES string of the molecule is c1cc(NCc2ccc3c(c2)OCO3)cc(Nc2ncnc3c2oc2ccccc23)c1. The van der Waals surface area contributed by atoms with E-state index in [1.54, 1.807) is 6.33 Å². The molecule has 31 heavy (non-hydrogen) atoms. The molecule has 0 saturated carbocycles. The third kappa shape index (κ3) is 3.26. The van der Waals surface area contributed by atoms with E-state index in [9.17, 15) is 0 Å². The van der Waals surface area contributed by atoms with Crippen molar-refractivity contribution in [2.45, 2.75) is 6.54 Å². The van der Waals surface area contributed by atoms with E-state index < -0.39 is 0 Å². The molecule has 0 amide bonds. The summed E-state index contributed by atoms with van der Waals surface area (Å²) < 4.78 is 16.8. The number of para-hydroxylation sites is 1. The Balaban J connectivity index is 1.23. The second kappa shape index (κ2) is 7.21. The number of furan rings is 1. The van der Waals surface area contributed by atoms with Gasteiger partial charge in [-0.05, 0) is 48.0 Å². The highest BCUT2D eigenvalue weighted by atomic mass is 16.7. The molecule has 0 spiro atoms. The van der Waals surface area contributed by atoms with Gasteiger partial charge in [0.05, 0.1) is 0 Å². The molecule has 3 heterocycles. The molecular weight excluding hydrogens is 392 g/mol. The smallest absolute Gasteiger partial charge is 0.231 e. The monoisotopic (exact) mass is 410 g/mol. The van der Waals surface area contributed by atoms with Crippen molar-refractivity contribution in [3.8, 4) is 11.5 Å². The van der Waals surface area contributed by atoms with Crippen LogP contribution in [0.4, 0.5) is 17.2 Å². The third-order valence-electron chi connectivity index (χ3n) is 5.22. The molecule has 0 atom stereocenters. The maximum absolute atomic E-state index is 6.00. The van der Waals surface area contributed by atoms with Crippen LogP contribution in [-0.2, 0) is 6.54 Å². The molecule has 0 fully saturated rings. The summed E-state index contributed by atoms with van der Waals surface area (Å²) in [6, 6.07) is 21.8. The fourth-order valence-corrected chi connectivity index (χ4v) is 3.71. The second-order valence-electron chi connectivity index (χ2n) is 7.25. The van der Waals surface area contributed by atoms with Gasteiger partial charge < -0.3 is 24.5 Å². The van der Waals surface area contributed by atoms with Gasteiger partial charge >= 0.3 is 0 Å². The molecule has 0 unspecified atom stereocenters. The standard InChI is InChI=1S/C24H18N4O3/c1-2-7-19-18(6-1)22-23(31-19)24(27-13-26-22)28-17-5-3-4-16(11-17)25-12-15-8-9-20-21(10-15)30-14-29-20/h1-11,13,25H,12,14H2,(H,26,27,28). The summed E-state index contributed by atoms with van der Waals surface area (Å²) in [6.45, 7) is 0.947. The number of hydrogen-bond donors (Lipinski definition) is 2. The maximum atomic E-state index is 6.00. The van der Waals surface area contributed by atoms with Gasteiger partial charge in [0.2, 0.25) is 6.79 Å². The molecule has 5 aromatic rings. The number of ether oxygens (including phenoxy) is 2. The van der Waals surface area contributed by atoms with E-state index in [0.29, 0.717) is 17.9 Å². The summed E-state index contributed by atoms with van der Waals surface area (Å²) in [5.74, 6) is 2.21. The van der Waals surface area contributed by atoms with Gasteiger partial charge in [-0.15, -0.1) is 0 Å². The summed E-state index contributed by atoms with van der Waals surface area (Å²) in [6.07, 6.45) is 1.55. The highest BCUT2D eigenvalue weighted by Crippen LogP contribution is 2.33. The zero-order valence-electron chi connectivity index (χ0n) is 16.5. The van der Waals surface area contributed by atoms with E-state index in [1.165, 1.54) is 0 Å². The van der Waals surface area contributed by atoms with Crippen LogP contribution in [0.1, 0.15) is 5.56 Å². The van der Waals surface area contributed by atoms with Crippen LogP contribution in [0.3, 0.4) is 0 Å². The normalized spacial score (nSPS) is 12.4. The molecule has 1 aliphatic rings. The average Bonchev–Trinajstić information content (AvgIpc) is 3.43. The molecule has 0 aliphatic carbocycles. The van der Waals surface area contributed by atoms with Crippen molar-refractivity contribution in [2.24, 2.45) is 0 Å². The lowest BCUT2D eigenvalue weighted by molar-refractivity contribution is 0.174. The van der Waals surface area contributed by atoms with Gasteiger partial charge in [-0.25, -0.2) is 9.97 Å². The minimum atomic E-state index is 0.279. The zero-order valence-corrected chi connectivity index (χ0v) is 16.5. The molecule has 7 heteroatoms. The molecule has 3 aromatic carbocycles. The fourth-order valence-electron chi connectivity index (χ4n) is 3.71. The summed E-state index contributed by atoms with van der Waals surface area (Å²) in [7, 11) is 0. The van der Waals surface area contributed by atoms with Crippen LogP contribution in [-0.4, -0.2) is 16.8 Å². The van der Waals surface area contributed by atoms with Gasteiger partial charge in [0, 0.05) is 23.3 Å². The molecule has 2 N–H and O–H groups in total.